The third-order valence-corrected chi connectivity index (χ3v) is 13.9. The molecule has 3 rings (SSSR count). The fourth-order valence-electron chi connectivity index (χ4n) is 6.59. The van der Waals surface area contributed by atoms with Crippen LogP contribution in [0.5, 0.6) is 5.75 Å². The van der Waals surface area contributed by atoms with Crippen LogP contribution in [-0.4, -0.2) is 110 Å². The first-order valence-electron chi connectivity index (χ1n) is 26.3. The molecule has 4 amide bonds. The number of hydrogen-bond acceptors (Lipinski definition) is 13. The number of aliphatic hydroxyl groups excluding tert-OH is 1. The Kier molecular flexibility index (Phi) is 44.3. The summed E-state index contributed by atoms with van der Waals surface area (Å²) in [6, 6.07) is 6.72. The molecule has 0 radical (unpaired) electrons. The lowest BCUT2D eigenvalue weighted by molar-refractivity contribution is -0.123. The molecule has 74 heavy (non-hydrogen) atoms. The summed E-state index contributed by atoms with van der Waals surface area (Å²) in [6.45, 7) is 21.9. The summed E-state index contributed by atoms with van der Waals surface area (Å²) in [5.74, 6) is 13.1. The highest BCUT2D eigenvalue weighted by Gasteiger charge is 2.40. The van der Waals surface area contributed by atoms with E-state index in [2.05, 4.69) is 90.8 Å². The Morgan fingerprint density at radius 3 is 1.99 bits per heavy atom. The van der Waals surface area contributed by atoms with Crippen LogP contribution in [0.25, 0.3) is 0 Å². The number of ketones is 2. The van der Waals surface area contributed by atoms with Crippen molar-refractivity contribution >= 4 is 62.7 Å². The predicted molar refractivity (Wildman–Crippen MR) is 305 cm³/mol. The highest BCUT2D eigenvalue weighted by Crippen LogP contribution is 2.41. The van der Waals surface area contributed by atoms with E-state index in [-0.39, 0.29) is 58.9 Å². The summed E-state index contributed by atoms with van der Waals surface area (Å²) in [4.78, 5) is 77.0. The summed E-state index contributed by atoms with van der Waals surface area (Å²) in [5, 5.41) is 22.4. The SMILES string of the molecule is CC.CCCC.CCCC(C)=O.CCCCCC(=O)NCCNC(=O)CCCOc1ccc(/C(C)=N\OCCNC(=O)CCC(C)(C)SSC/C=C2\C3C#C/C=C\C#CCC2C(NC(=O)OC)C(=O)C3)cc1.CO. The number of allylic oxidation sites excluding steroid dienone is 2. The maximum Gasteiger partial charge on any atom is 0.407 e. The monoisotopic (exact) mass is 1070 g/mol. The lowest BCUT2D eigenvalue weighted by atomic mass is 9.71. The smallest absolute Gasteiger partial charge is 0.407 e. The van der Waals surface area contributed by atoms with E-state index in [4.69, 9.17) is 19.4 Å². The molecular formula is C57H91N5O10S2. The fraction of sp³-hybridized carbons (Fsp3) is 0.632. The molecule has 0 aliphatic heterocycles. The van der Waals surface area contributed by atoms with Gasteiger partial charge in [-0.2, -0.15) is 0 Å². The van der Waals surface area contributed by atoms with Gasteiger partial charge < -0.3 is 45.5 Å². The highest BCUT2D eigenvalue weighted by atomic mass is 33.1. The number of aliphatic hydroxyl groups is 1. The third-order valence-electron chi connectivity index (χ3n) is 10.7. The van der Waals surface area contributed by atoms with Gasteiger partial charge in [0.15, 0.2) is 5.78 Å². The van der Waals surface area contributed by atoms with E-state index in [1.54, 1.807) is 40.7 Å². The van der Waals surface area contributed by atoms with Crippen LogP contribution in [0, 0.1) is 35.5 Å². The summed E-state index contributed by atoms with van der Waals surface area (Å²) in [5.41, 5.74) is 2.55. The van der Waals surface area contributed by atoms with Gasteiger partial charge in [0.25, 0.3) is 0 Å². The Morgan fingerprint density at radius 1 is 0.797 bits per heavy atom. The minimum absolute atomic E-state index is 0.0209. The second kappa shape index (κ2) is 46.3. The second-order valence-electron chi connectivity index (χ2n) is 17.4. The van der Waals surface area contributed by atoms with Crippen LogP contribution in [0.2, 0.25) is 0 Å². The van der Waals surface area contributed by atoms with Gasteiger partial charge in [0.05, 0.1) is 32.0 Å². The molecule has 3 atom stereocenters. The van der Waals surface area contributed by atoms with E-state index in [1.165, 1.54) is 20.0 Å². The molecule has 15 nitrogen and oxygen atoms in total. The number of benzene rings is 1. The molecule has 2 aliphatic rings. The first-order valence-corrected chi connectivity index (χ1v) is 28.6. The Morgan fingerprint density at radius 2 is 1.41 bits per heavy atom. The Labute approximate surface area is 452 Å². The molecule has 0 aromatic heterocycles. The Bertz CT molecular complexity index is 1980. The number of fused-ring (bicyclic) bond motifs is 2. The average Bonchev–Trinajstić information content (AvgIpc) is 3.39. The molecule has 1 saturated carbocycles. The van der Waals surface area contributed by atoms with Gasteiger partial charge in [-0.15, -0.1) is 0 Å². The zero-order chi connectivity index (χ0) is 56.0. The van der Waals surface area contributed by atoms with Gasteiger partial charge in [-0.25, -0.2) is 4.79 Å². The standard InChI is InChI=1S/C45H61N5O8S2.C5H10O.C4H10.C2H6.CH4O/c1-6-7-11-17-40(52)46-26-27-47-41(53)18-14-29-57-36-21-19-34(20-22-36)33(2)50-58-30-28-48-42(54)23-25-45(3,4)60-59-31-24-37-35-15-12-9-8-10-13-16-38(37)43(39(51)32-35)49-44(55)56-5;1-3-4-5(2)6;1-3-4-2;2*1-2/h8-9,19-22,24,35,38,43H,6-7,11,14,16-18,23,25-32H2,1-5H3,(H,46,52)(H,47,53)(H,48,54)(H,49,55);3-4H2,1-2H3;3-4H2,1-2H3;1-2H3;2H,1H3/b9-8-,37-24+,50-33-;;;;. The average molecular weight is 1070 g/mol. The van der Waals surface area contributed by atoms with E-state index in [0.717, 1.165) is 50.4 Å². The van der Waals surface area contributed by atoms with Gasteiger partial charge in [-0.05, 0) is 95.4 Å². The fourth-order valence-corrected chi connectivity index (χ4v) is 9.04. The molecule has 5 N–H and O–H groups in total. The normalized spacial score (nSPS) is 16.2. The van der Waals surface area contributed by atoms with E-state index >= 15 is 0 Å². The van der Waals surface area contributed by atoms with Crippen LogP contribution in [0.15, 0.2) is 53.2 Å². The Hall–Kier alpha value is -5.23. The molecule has 0 heterocycles. The number of nitrogens with zero attached hydrogens (tertiary/aromatic N) is 1. The van der Waals surface area contributed by atoms with Crippen LogP contribution in [-0.2, 0) is 33.5 Å². The van der Waals surface area contributed by atoms with E-state index in [1.807, 2.05) is 52.0 Å². The molecule has 1 aromatic carbocycles. The van der Waals surface area contributed by atoms with Crippen molar-refractivity contribution in [1.29, 1.82) is 0 Å². The van der Waals surface area contributed by atoms with Gasteiger partial charge in [0.1, 0.15) is 18.1 Å². The molecule has 2 bridgehead atoms. The molecule has 17 heteroatoms. The first kappa shape index (κ1) is 70.8. The number of amides is 4. The van der Waals surface area contributed by atoms with Gasteiger partial charge in [-0.1, -0.05) is 129 Å². The van der Waals surface area contributed by atoms with E-state index in [0.29, 0.717) is 82.0 Å². The maximum atomic E-state index is 13.0. The number of alkyl carbamates (subject to hydrolysis) is 1. The van der Waals surface area contributed by atoms with Crippen LogP contribution >= 0.6 is 21.6 Å². The van der Waals surface area contributed by atoms with Crippen molar-refractivity contribution in [2.75, 3.05) is 52.8 Å². The minimum atomic E-state index is -0.725. The molecule has 416 valence electrons. The summed E-state index contributed by atoms with van der Waals surface area (Å²) >= 11 is 0. The number of nitrogens with one attached hydrogen (secondary N) is 4. The molecular weight excluding hydrogens is 979 g/mol. The van der Waals surface area contributed by atoms with Gasteiger partial charge in [0, 0.05) is 81.1 Å². The molecule has 0 saturated heterocycles. The topological polar surface area (TPSA) is 211 Å². The van der Waals surface area contributed by atoms with Crippen molar-refractivity contribution in [1.82, 2.24) is 21.3 Å². The zero-order valence-electron chi connectivity index (χ0n) is 46.8. The Balaban J connectivity index is 0. The maximum absolute atomic E-state index is 13.0. The number of Topliss-reactive ketones (excluding diaryl/α,β-unsaturated/α-hetero) is 2. The number of unbranched alkanes of at least 4 members (excludes halogenated alkanes) is 3. The van der Waals surface area contributed by atoms with E-state index in [9.17, 15) is 28.8 Å². The summed E-state index contributed by atoms with van der Waals surface area (Å²) < 4.78 is 10.4. The number of oxime groups is 1. The quantitative estimate of drug-likeness (QED) is 0.0133. The molecule has 1 aromatic rings. The zero-order valence-corrected chi connectivity index (χ0v) is 48.4. The molecule has 3 unspecified atom stereocenters. The van der Waals surface area contributed by atoms with Crippen LogP contribution < -0.4 is 26.0 Å². The number of carbonyl (C=O) groups excluding carboxylic acids is 6. The summed E-state index contributed by atoms with van der Waals surface area (Å²) in [6.07, 6.45) is 15.3. The summed E-state index contributed by atoms with van der Waals surface area (Å²) in [7, 11) is 5.65. The van der Waals surface area contributed by atoms with Crippen LogP contribution in [0.3, 0.4) is 0 Å². The number of ether oxygens (including phenoxy) is 2. The lowest BCUT2D eigenvalue weighted by Crippen LogP contribution is -2.50. The largest absolute Gasteiger partial charge is 0.494 e. The van der Waals surface area contributed by atoms with Crippen LogP contribution in [0.4, 0.5) is 4.79 Å². The first-order chi connectivity index (χ1) is 35.6. The highest BCUT2D eigenvalue weighted by molar-refractivity contribution is 8.77. The van der Waals surface area contributed by atoms with Crippen molar-refractivity contribution < 1.29 is 48.2 Å². The van der Waals surface area contributed by atoms with Crippen LogP contribution in [0.1, 0.15) is 165 Å². The van der Waals surface area contributed by atoms with Gasteiger partial charge >= 0.3 is 6.09 Å². The van der Waals surface area contributed by atoms with Gasteiger partial charge in [0.2, 0.25) is 17.7 Å². The predicted octanol–water partition coefficient (Wildman–Crippen LogP) is 10.1. The number of hydrogen-bond donors (Lipinski definition) is 5. The number of carbonyl (C=O) groups is 6. The van der Waals surface area contributed by atoms with Crippen molar-refractivity contribution in [3.63, 3.8) is 0 Å². The van der Waals surface area contributed by atoms with Gasteiger partial charge in [-0.3, -0.25) is 19.2 Å². The van der Waals surface area contributed by atoms with E-state index < -0.39 is 12.1 Å². The minimum Gasteiger partial charge on any atom is -0.494 e. The van der Waals surface area contributed by atoms with Crippen molar-refractivity contribution in [2.45, 2.75) is 170 Å². The van der Waals surface area contributed by atoms with Crippen molar-refractivity contribution in [3.05, 3.63) is 53.6 Å². The second-order valence-corrected chi connectivity index (χ2v) is 20.4. The molecule has 1 fully saturated rings. The van der Waals surface area contributed by atoms with Crippen molar-refractivity contribution in [3.8, 4) is 29.4 Å². The molecule has 2 aliphatic carbocycles. The lowest BCUT2D eigenvalue weighted by Gasteiger charge is -2.35. The molecule has 0 spiro atoms. The number of methoxy groups -OCH3 is 1. The number of rotatable bonds is 28. The third kappa shape index (κ3) is 35.8. The van der Waals surface area contributed by atoms with Crippen molar-refractivity contribution in [2.24, 2.45) is 17.0 Å².